The first-order chi connectivity index (χ1) is 21.4. The van der Waals surface area contributed by atoms with Crippen molar-refractivity contribution >= 4 is 61.8 Å². The van der Waals surface area contributed by atoms with Crippen LogP contribution in [0, 0.1) is 17.6 Å². The first-order valence-corrected chi connectivity index (χ1v) is 15.4. The first kappa shape index (κ1) is 32.8. The van der Waals surface area contributed by atoms with Gasteiger partial charge in [-0.05, 0) is 78.0 Å². The number of fused-ring (bicyclic) bond motifs is 1. The maximum Gasteiger partial charge on any atom is 0.251 e. The van der Waals surface area contributed by atoms with Crippen LogP contribution in [0.4, 0.5) is 8.78 Å². The van der Waals surface area contributed by atoms with Crippen molar-refractivity contribution < 1.29 is 33.0 Å². The first-order valence-electron chi connectivity index (χ1n) is 13.8. The summed E-state index contributed by atoms with van der Waals surface area (Å²) in [7, 11) is 1.44. The van der Waals surface area contributed by atoms with Gasteiger partial charge in [0.2, 0.25) is 5.91 Å². The fourth-order valence-corrected chi connectivity index (χ4v) is 5.78. The number of nitrogens with two attached hydrogens (primary N) is 1. The van der Waals surface area contributed by atoms with E-state index in [2.05, 4.69) is 31.2 Å². The van der Waals surface area contributed by atoms with Crippen molar-refractivity contribution in [3.63, 3.8) is 0 Å². The molecule has 1 aliphatic rings. The molecule has 2 amide bonds. The van der Waals surface area contributed by atoms with Crippen molar-refractivity contribution in [2.24, 2.45) is 11.7 Å². The number of pyridine rings is 2. The molecule has 1 fully saturated rings. The number of rotatable bonds is 11. The van der Waals surface area contributed by atoms with Gasteiger partial charge in [0.15, 0.2) is 5.82 Å². The van der Waals surface area contributed by atoms with E-state index in [0.717, 1.165) is 12.1 Å². The molecule has 9 nitrogen and oxygen atoms in total. The predicted octanol–water partition coefficient (Wildman–Crippen LogP) is 6.11. The normalized spacial score (nSPS) is 14.2. The SMILES string of the molecule is CCOc1c(CC(N)=O)cc([C@@](O)(CNC(=O)c2cc(OC)c3nc(Cl)c(Br)cc3c2)C2CC2)nc1-c1ccc(F)c(Cl)c1F. The molecule has 0 saturated heterocycles. The molecule has 5 rings (SSSR count). The average Bonchev–Trinajstić information content (AvgIpc) is 3.86. The van der Waals surface area contributed by atoms with E-state index in [-0.39, 0.29) is 64.5 Å². The number of primary amides is 1. The molecule has 14 heteroatoms. The Kier molecular flexibility index (Phi) is 9.50. The monoisotopic (exact) mass is 722 g/mol. The fourth-order valence-electron chi connectivity index (χ4n) is 5.14. The zero-order chi connectivity index (χ0) is 32.6. The Morgan fingerprint density at radius 2 is 1.91 bits per heavy atom. The number of methoxy groups -OCH3 is 1. The number of aliphatic hydroxyl groups is 1. The van der Waals surface area contributed by atoms with E-state index in [4.69, 9.17) is 38.4 Å². The van der Waals surface area contributed by atoms with Crippen LogP contribution in [0.15, 0.2) is 40.9 Å². The molecule has 1 saturated carbocycles. The molecule has 2 heterocycles. The maximum absolute atomic E-state index is 15.3. The number of benzene rings is 2. The Labute approximate surface area is 275 Å². The Morgan fingerprint density at radius 1 is 1.18 bits per heavy atom. The summed E-state index contributed by atoms with van der Waals surface area (Å²) in [5.74, 6) is -3.29. The smallest absolute Gasteiger partial charge is 0.251 e. The highest BCUT2D eigenvalue weighted by Crippen LogP contribution is 2.47. The van der Waals surface area contributed by atoms with Crippen LogP contribution in [-0.2, 0) is 16.8 Å². The van der Waals surface area contributed by atoms with Crippen molar-refractivity contribution in [2.75, 3.05) is 20.3 Å². The van der Waals surface area contributed by atoms with Gasteiger partial charge in [-0.1, -0.05) is 23.2 Å². The number of carbonyl (C=O) groups is 2. The molecular weight excluding hydrogens is 697 g/mol. The highest BCUT2D eigenvalue weighted by molar-refractivity contribution is 9.10. The largest absolute Gasteiger partial charge is 0.494 e. The maximum atomic E-state index is 15.3. The second kappa shape index (κ2) is 13.0. The summed E-state index contributed by atoms with van der Waals surface area (Å²) in [6.07, 6.45) is 0.900. The van der Waals surface area contributed by atoms with Gasteiger partial charge in [0.05, 0.1) is 36.8 Å². The fraction of sp³-hybridized carbons (Fsp3) is 0.290. The average molecular weight is 724 g/mol. The number of aromatic nitrogens is 2. The van der Waals surface area contributed by atoms with Crippen molar-refractivity contribution in [1.29, 1.82) is 0 Å². The van der Waals surface area contributed by atoms with Gasteiger partial charge in [-0.2, -0.15) is 0 Å². The number of amides is 2. The second-order valence-corrected chi connectivity index (χ2v) is 12.1. The van der Waals surface area contributed by atoms with Crippen LogP contribution in [0.3, 0.4) is 0 Å². The summed E-state index contributed by atoms with van der Waals surface area (Å²) >= 11 is 15.4. The lowest BCUT2D eigenvalue weighted by atomic mass is 9.90. The molecule has 0 aliphatic heterocycles. The number of nitrogens with one attached hydrogen (secondary N) is 1. The summed E-state index contributed by atoms with van der Waals surface area (Å²) in [5.41, 5.74) is 4.42. The lowest BCUT2D eigenvalue weighted by molar-refractivity contribution is -0.117. The van der Waals surface area contributed by atoms with E-state index < -0.39 is 34.1 Å². The Morgan fingerprint density at radius 3 is 2.56 bits per heavy atom. The van der Waals surface area contributed by atoms with E-state index >= 15 is 4.39 Å². The van der Waals surface area contributed by atoms with Gasteiger partial charge in [-0.3, -0.25) is 9.59 Å². The van der Waals surface area contributed by atoms with Crippen LogP contribution in [0.2, 0.25) is 10.2 Å². The van der Waals surface area contributed by atoms with Crippen LogP contribution in [0.5, 0.6) is 11.5 Å². The number of hydrogen-bond donors (Lipinski definition) is 3. The molecule has 2 aromatic carbocycles. The topological polar surface area (TPSA) is 137 Å². The van der Waals surface area contributed by atoms with Crippen molar-refractivity contribution in [2.45, 2.75) is 31.8 Å². The predicted molar refractivity (Wildman–Crippen MR) is 169 cm³/mol. The van der Waals surface area contributed by atoms with Gasteiger partial charge in [-0.25, -0.2) is 18.7 Å². The van der Waals surface area contributed by atoms with Crippen molar-refractivity contribution in [3.8, 4) is 22.8 Å². The summed E-state index contributed by atoms with van der Waals surface area (Å²) < 4.78 is 41.1. The minimum atomic E-state index is -1.75. The molecule has 0 bridgehead atoms. The van der Waals surface area contributed by atoms with Gasteiger partial charge in [0.1, 0.15) is 44.3 Å². The van der Waals surface area contributed by atoms with E-state index in [1.54, 1.807) is 19.1 Å². The van der Waals surface area contributed by atoms with E-state index in [9.17, 15) is 19.1 Å². The van der Waals surface area contributed by atoms with Gasteiger partial charge < -0.3 is 25.6 Å². The molecule has 0 radical (unpaired) electrons. The number of nitrogens with zero attached hydrogens (tertiary/aromatic N) is 2. The Hall–Kier alpha value is -3.58. The zero-order valence-electron chi connectivity index (χ0n) is 24.0. The van der Waals surface area contributed by atoms with E-state index in [1.165, 1.54) is 19.2 Å². The van der Waals surface area contributed by atoms with Gasteiger partial charge in [0, 0.05) is 22.1 Å². The van der Waals surface area contributed by atoms with E-state index in [0.29, 0.717) is 34.0 Å². The summed E-state index contributed by atoms with van der Waals surface area (Å²) in [4.78, 5) is 34.4. The van der Waals surface area contributed by atoms with Gasteiger partial charge in [0.25, 0.3) is 5.91 Å². The molecule has 0 unspecified atom stereocenters. The third kappa shape index (κ3) is 6.55. The number of ether oxygens (including phenoxy) is 2. The van der Waals surface area contributed by atoms with Crippen LogP contribution in [0.25, 0.3) is 22.2 Å². The standard InChI is InChI=1S/C31H27BrCl2F2N4O5/c1-3-45-28-15(12-23(37)41)11-22(39-27(28)18-6-7-20(35)24(33)25(18)36)31(43,17-4-5-17)13-38-30(42)16-8-14-9-19(32)29(34)40-26(14)21(10-16)44-2/h6-11,17,43H,3-5,12-13H2,1-2H3,(H2,37,41)(H,38,42)/t31-/m1/s1. The molecule has 1 aliphatic carbocycles. The van der Waals surface area contributed by atoms with Crippen LogP contribution in [-0.4, -0.2) is 47.2 Å². The Balaban J connectivity index is 1.57. The van der Waals surface area contributed by atoms with Crippen LogP contribution < -0.4 is 20.5 Å². The van der Waals surface area contributed by atoms with Crippen LogP contribution in [0.1, 0.15) is 41.4 Å². The number of hydrogen-bond acceptors (Lipinski definition) is 7. The van der Waals surface area contributed by atoms with Crippen molar-refractivity contribution in [1.82, 2.24) is 15.3 Å². The lowest BCUT2D eigenvalue weighted by Gasteiger charge is -2.30. The van der Waals surface area contributed by atoms with E-state index in [1.807, 2.05) is 0 Å². The molecule has 0 spiro atoms. The molecule has 1 atom stereocenters. The highest BCUT2D eigenvalue weighted by atomic mass is 79.9. The van der Waals surface area contributed by atoms with Gasteiger partial charge >= 0.3 is 0 Å². The third-order valence-corrected chi connectivity index (χ3v) is 8.95. The number of carbonyl (C=O) groups excluding carboxylic acids is 2. The Bertz CT molecular complexity index is 1840. The number of halogens is 5. The minimum absolute atomic E-state index is 0.0342. The molecular formula is C31H27BrCl2F2N4O5. The molecule has 4 N–H and O–H groups in total. The quantitative estimate of drug-likeness (QED) is 0.126. The molecule has 236 valence electrons. The highest BCUT2D eigenvalue weighted by Gasteiger charge is 2.47. The lowest BCUT2D eigenvalue weighted by Crippen LogP contribution is -2.43. The summed E-state index contributed by atoms with van der Waals surface area (Å²) in [6.45, 7) is 1.51. The summed E-state index contributed by atoms with van der Waals surface area (Å²) in [5, 5.41) is 14.9. The molecule has 4 aromatic rings. The zero-order valence-corrected chi connectivity index (χ0v) is 27.1. The molecule has 2 aromatic heterocycles. The van der Waals surface area contributed by atoms with Crippen LogP contribution >= 0.6 is 39.1 Å². The molecule has 45 heavy (non-hydrogen) atoms. The van der Waals surface area contributed by atoms with Gasteiger partial charge in [-0.15, -0.1) is 0 Å². The summed E-state index contributed by atoms with van der Waals surface area (Å²) in [6, 6.07) is 8.40. The minimum Gasteiger partial charge on any atom is -0.494 e. The second-order valence-electron chi connectivity index (χ2n) is 10.5. The van der Waals surface area contributed by atoms with Crippen molar-refractivity contribution in [3.05, 3.63) is 79.5 Å². The third-order valence-electron chi connectivity index (χ3n) is 7.48.